The molecule has 2 N–H and O–H groups in total. The van der Waals surface area contributed by atoms with Crippen molar-refractivity contribution in [1.82, 2.24) is 24.6 Å². The third-order valence-electron chi connectivity index (χ3n) is 5.93. The van der Waals surface area contributed by atoms with Crippen LogP contribution in [0.4, 0.5) is 0 Å². The first kappa shape index (κ1) is 15.6. The maximum atomic E-state index is 13.0. The van der Waals surface area contributed by atoms with Gasteiger partial charge in [0, 0.05) is 31.0 Å². The molecule has 0 bridgehead atoms. The van der Waals surface area contributed by atoms with E-state index in [0.717, 1.165) is 30.4 Å². The minimum atomic E-state index is -0.410. The molecular formula is C19H21N5O2. The van der Waals surface area contributed by atoms with Gasteiger partial charge in [-0.15, -0.1) is 0 Å². The number of H-pyrrole nitrogens is 1. The molecule has 2 fully saturated rings. The van der Waals surface area contributed by atoms with Crippen LogP contribution in [0.5, 0.6) is 0 Å². The zero-order valence-electron chi connectivity index (χ0n) is 14.3. The summed E-state index contributed by atoms with van der Waals surface area (Å²) in [4.78, 5) is 22.2. The van der Waals surface area contributed by atoms with Gasteiger partial charge in [0.05, 0.1) is 29.5 Å². The van der Waals surface area contributed by atoms with Gasteiger partial charge in [0.15, 0.2) is 0 Å². The summed E-state index contributed by atoms with van der Waals surface area (Å²) in [5, 5.41) is 14.8. The molecule has 1 amide bonds. The van der Waals surface area contributed by atoms with Crippen LogP contribution < -0.4 is 0 Å². The molecule has 5 rings (SSSR count). The van der Waals surface area contributed by atoms with E-state index >= 15 is 0 Å². The van der Waals surface area contributed by atoms with Gasteiger partial charge < -0.3 is 15.0 Å². The second-order valence-electron chi connectivity index (χ2n) is 7.46. The van der Waals surface area contributed by atoms with Crippen molar-refractivity contribution < 1.29 is 9.90 Å². The minimum Gasteiger partial charge on any atom is -0.391 e. The lowest BCUT2D eigenvalue weighted by Crippen LogP contribution is -2.36. The number of aromatic amines is 1. The quantitative estimate of drug-likeness (QED) is 0.738. The van der Waals surface area contributed by atoms with Gasteiger partial charge in [-0.1, -0.05) is 0 Å². The maximum Gasteiger partial charge on any atom is 0.253 e. The summed E-state index contributed by atoms with van der Waals surface area (Å²) in [5.41, 5.74) is 2.42. The summed E-state index contributed by atoms with van der Waals surface area (Å²) in [6.45, 7) is 1.46. The molecule has 1 saturated carbocycles. The van der Waals surface area contributed by atoms with Crippen molar-refractivity contribution >= 4 is 16.9 Å². The molecule has 1 aliphatic carbocycles. The molecule has 0 spiro atoms. The Kier molecular flexibility index (Phi) is 3.56. The molecule has 7 nitrogen and oxygen atoms in total. The Morgan fingerprint density at radius 2 is 2.08 bits per heavy atom. The number of nitrogens with one attached hydrogen (secondary N) is 1. The minimum absolute atomic E-state index is 0.00245. The van der Waals surface area contributed by atoms with E-state index in [4.69, 9.17) is 0 Å². The van der Waals surface area contributed by atoms with E-state index < -0.39 is 6.10 Å². The SMILES string of the molecule is O=C(c1ccc2nc[nH]c2c1)N1C[C@H]2C[C@@H](n3cccn3)[C@H](O)C[C@H]2C1. The summed E-state index contributed by atoms with van der Waals surface area (Å²) < 4.78 is 1.86. The van der Waals surface area contributed by atoms with Crippen LogP contribution in [-0.2, 0) is 0 Å². The fourth-order valence-electron chi connectivity index (χ4n) is 4.59. The predicted octanol–water partition coefficient (Wildman–Crippen LogP) is 1.84. The number of imidazole rings is 1. The lowest BCUT2D eigenvalue weighted by atomic mass is 9.77. The van der Waals surface area contributed by atoms with E-state index in [-0.39, 0.29) is 11.9 Å². The Hall–Kier alpha value is -2.67. The first-order valence-corrected chi connectivity index (χ1v) is 9.08. The Morgan fingerprint density at radius 3 is 2.88 bits per heavy atom. The van der Waals surface area contributed by atoms with Crippen LogP contribution in [0.3, 0.4) is 0 Å². The zero-order valence-corrected chi connectivity index (χ0v) is 14.3. The van der Waals surface area contributed by atoms with Gasteiger partial charge >= 0.3 is 0 Å². The third kappa shape index (κ3) is 2.50. The van der Waals surface area contributed by atoms with E-state index in [1.807, 2.05) is 40.0 Å². The summed E-state index contributed by atoms with van der Waals surface area (Å²) in [6, 6.07) is 7.47. The maximum absolute atomic E-state index is 13.0. The number of nitrogens with zero attached hydrogens (tertiary/aromatic N) is 4. The first-order chi connectivity index (χ1) is 12.7. The van der Waals surface area contributed by atoms with E-state index in [0.29, 0.717) is 23.9 Å². The smallest absolute Gasteiger partial charge is 0.253 e. The van der Waals surface area contributed by atoms with Gasteiger partial charge in [0.2, 0.25) is 0 Å². The van der Waals surface area contributed by atoms with Crippen LogP contribution in [0, 0.1) is 11.8 Å². The number of likely N-dealkylation sites (tertiary alicyclic amines) is 1. The lowest BCUT2D eigenvalue weighted by Gasteiger charge is -2.35. The molecule has 26 heavy (non-hydrogen) atoms. The average molecular weight is 351 g/mol. The summed E-state index contributed by atoms with van der Waals surface area (Å²) in [5.74, 6) is 0.824. The number of benzene rings is 1. The van der Waals surface area contributed by atoms with Gasteiger partial charge in [-0.2, -0.15) is 5.10 Å². The molecule has 1 aliphatic heterocycles. The van der Waals surface area contributed by atoms with Crippen LogP contribution in [-0.4, -0.2) is 54.9 Å². The summed E-state index contributed by atoms with van der Waals surface area (Å²) in [6.07, 6.45) is 6.46. The molecule has 0 radical (unpaired) electrons. The number of aliphatic hydroxyl groups is 1. The highest BCUT2D eigenvalue weighted by atomic mass is 16.3. The number of rotatable bonds is 2. The fourth-order valence-corrected chi connectivity index (χ4v) is 4.59. The van der Waals surface area contributed by atoms with Crippen LogP contribution >= 0.6 is 0 Å². The van der Waals surface area contributed by atoms with Gasteiger partial charge in [0.25, 0.3) is 5.91 Å². The number of aromatic nitrogens is 4. The molecule has 3 aromatic rings. The lowest BCUT2D eigenvalue weighted by molar-refractivity contribution is 0.0306. The van der Waals surface area contributed by atoms with E-state index in [2.05, 4.69) is 15.1 Å². The number of amides is 1. The Morgan fingerprint density at radius 1 is 1.23 bits per heavy atom. The standard InChI is InChI=1S/C19H21N5O2/c25-18-8-14-10-23(9-13(14)7-17(18)24-5-1-4-22-24)19(26)12-2-3-15-16(6-12)21-11-20-15/h1-6,11,13-14,17-18,25H,7-10H2,(H,20,21)/t13-,14+,17-,18-/m1/s1. The fraction of sp³-hybridized carbons (Fsp3) is 0.421. The number of aliphatic hydroxyl groups excluding tert-OH is 1. The third-order valence-corrected chi connectivity index (χ3v) is 5.93. The largest absolute Gasteiger partial charge is 0.391 e. The number of carbonyl (C=O) groups is 1. The normalized spacial score (nSPS) is 28.4. The van der Waals surface area contributed by atoms with Crippen molar-refractivity contribution in [2.24, 2.45) is 11.8 Å². The second kappa shape index (κ2) is 5.95. The van der Waals surface area contributed by atoms with E-state index in [1.165, 1.54) is 0 Å². The van der Waals surface area contributed by atoms with Gasteiger partial charge in [-0.3, -0.25) is 9.48 Å². The zero-order chi connectivity index (χ0) is 17.7. The van der Waals surface area contributed by atoms with Crippen molar-refractivity contribution in [3.8, 4) is 0 Å². The molecular weight excluding hydrogens is 330 g/mol. The average Bonchev–Trinajstić information content (AvgIpc) is 3.38. The summed E-state index contributed by atoms with van der Waals surface area (Å²) >= 11 is 0. The van der Waals surface area contributed by atoms with Crippen molar-refractivity contribution in [2.75, 3.05) is 13.1 Å². The Balaban J connectivity index is 1.34. The van der Waals surface area contributed by atoms with Gasteiger partial charge in [-0.05, 0) is 48.9 Å². The van der Waals surface area contributed by atoms with Crippen LogP contribution in [0.15, 0.2) is 43.0 Å². The second-order valence-corrected chi connectivity index (χ2v) is 7.46. The molecule has 4 atom stereocenters. The number of fused-ring (bicyclic) bond motifs is 2. The highest BCUT2D eigenvalue weighted by Gasteiger charge is 2.43. The summed E-state index contributed by atoms with van der Waals surface area (Å²) in [7, 11) is 0. The molecule has 2 aromatic heterocycles. The number of hydrogen-bond acceptors (Lipinski definition) is 4. The molecule has 3 heterocycles. The van der Waals surface area contributed by atoms with Gasteiger partial charge in [0.1, 0.15) is 0 Å². The highest BCUT2D eigenvalue weighted by Crippen LogP contribution is 2.41. The van der Waals surface area contributed by atoms with Crippen LogP contribution in [0.25, 0.3) is 11.0 Å². The Bertz CT molecular complexity index is 934. The van der Waals surface area contributed by atoms with Crippen molar-refractivity contribution in [2.45, 2.75) is 25.0 Å². The molecule has 1 saturated heterocycles. The molecule has 134 valence electrons. The molecule has 7 heteroatoms. The van der Waals surface area contributed by atoms with E-state index in [1.54, 1.807) is 12.5 Å². The number of carbonyl (C=O) groups excluding carboxylic acids is 1. The molecule has 1 aromatic carbocycles. The van der Waals surface area contributed by atoms with Gasteiger partial charge in [-0.25, -0.2) is 4.98 Å². The first-order valence-electron chi connectivity index (χ1n) is 9.08. The van der Waals surface area contributed by atoms with Crippen molar-refractivity contribution in [3.63, 3.8) is 0 Å². The Labute approximate surface area is 150 Å². The van der Waals surface area contributed by atoms with Crippen molar-refractivity contribution in [1.29, 1.82) is 0 Å². The topological polar surface area (TPSA) is 87.0 Å². The van der Waals surface area contributed by atoms with E-state index in [9.17, 15) is 9.90 Å². The predicted molar refractivity (Wildman–Crippen MR) is 95.5 cm³/mol. The van der Waals surface area contributed by atoms with Crippen molar-refractivity contribution in [3.05, 3.63) is 48.5 Å². The van der Waals surface area contributed by atoms with Crippen LogP contribution in [0.2, 0.25) is 0 Å². The number of hydrogen-bond donors (Lipinski definition) is 2. The van der Waals surface area contributed by atoms with Crippen LogP contribution in [0.1, 0.15) is 29.2 Å². The molecule has 2 aliphatic rings. The highest BCUT2D eigenvalue weighted by molar-refractivity contribution is 5.97. The monoisotopic (exact) mass is 351 g/mol. The molecule has 0 unspecified atom stereocenters.